The van der Waals surface area contributed by atoms with E-state index in [-0.39, 0.29) is 25.7 Å². The van der Waals surface area contributed by atoms with Crippen molar-refractivity contribution in [1.29, 1.82) is 0 Å². The van der Waals surface area contributed by atoms with Crippen LogP contribution in [0.2, 0.25) is 0 Å². The fourth-order valence-electron chi connectivity index (χ4n) is 4.38. The van der Waals surface area contributed by atoms with E-state index in [0.717, 1.165) is 16.7 Å². The maximum atomic E-state index is 13.8. The molecule has 0 aliphatic heterocycles. The highest BCUT2D eigenvalue weighted by atomic mass is 19.3. The molecular formula is C24H25F2N5O. The van der Waals surface area contributed by atoms with Gasteiger partial charge in [0.2, 0.25) is 5.92 Å². The summed E-state index contributed by atoms with van der Waals surface area (Å²) in [6.07, 6.45) is 4.63. The second-order valence-electron chi connectivity index (χ2n) is 8.43. The van der Waals surface area contributed by atoms with Crippen LogP contribution < -0.4 is 5.73 Å². The van der Waals surface area contributed by atoms with Crippen LogP contribution in [0, 0.1) is 19.8 Å². The first-order valence-electron chi connectivity index (χ1n) is 11.6. The van der Waals surface area contributed by atoms with Crippen LogP contribution >= 0.6 is 0 Å². The molecule has 0 amide bonds. The van der Waals surface area contributed by atoms with Crippen molar-refractivity contribution in [2.45, 2.75) is 52.0 Å². The fraction of sp³-hybridized carbons (Fsp3) is 0.375. The lowest BCUT2D eigenvalue weighted by Crippen LogP contribution is -2.26. The van der Waals surface area contributed by atoms with Crippen molar-refractivity contribution in [1.82, 2.24) is 19.7 Å². The Balaban J connectivity index is 1.69. The standard InChI is InChI=1S/C24H25F2N5O/c1-14-22(15(2)32-30-14)18-9-20-23(29-11-18)19(17-3-4-21(27)28-10-17)13-31(20)12-16-5-7-24(25,26)8-6-16/h3-4,9-11,13,16H,5-8,12H2,1-2H3,(H2,27,28)/i12D2. The zero-order valence-corrected chi connectivity index (χ0v) is 17.9. The topological polar surface area (TPSA) is 82.8 Å². The molecular weight excluding hydrogens is 412 g/mol. The molecule has 1 aliphatic rings. The molecule has 0 bridgehead atoms. The summed E-state index contributed by atoms with van der Waals surface area (Å²) < 4.78 is 52.4. The van der Waals surface area contributed by atoms with Crippen LogP contribution in [0.4, 0.5) is 14.6 Å². The van der Waals surface area contributed by atoms with Gasteiger partial charge in [-0.3, -0.25) is 4.98 Å². The summed E-state index contributed by atoms with van der Waals surface area (Å²) in [4.78, 5) is 8.85. The number of anilines is 1. The van der Waals surface area contributed by atoms with Crippen LogP contribution in [0.5, 0.6) is 0 Å². The molecule has 1 aliphatic carbocycles. The second-order valence-corrected chi connectivity index (χ2v) is 8.43. The van der Waals surface area contributed by atoms with Gasteiger partial charge in [-0.05, 0) is 50.8 Å². The Morgan fingerprint density at radius 3 is 2.59 bits per heavy atom. The van der Waals surface area contributed by atoms with Gasteiger partial charge in [0.1, 0.15) is 11.6 Å². The molecule has 4 aromatic rings. The van der Waals surface area contributed by atoms with Crippen molar-refractivity contribution < 1.29 is 16.0 Å². The Bertz CT molecular complexity index is 1330. The first kappa shape index (κ1) is 18.3. The van der Waals surface area contributed by atoms with Crippen LogP contribution in [0.1, 0.15) is 39.9 Å². The normalized spacial score (nSPS) is 18.0. The van der Waals surface area contributed by atoms with Gasteiger partial charge in [-0.25, -0.2) is 13.8 Å². The lowest BCUT2D eigenvalue weighted by molar-refractivity contribution is -0.0472. The Morgan fingerprint density at radius 1 is 1.19 bits per heavy atom. The minimum absolute atomic E-state index is 0.107. The summed E-state index contributed by atoms with van der Waals surface area (Å²) in [7, 11) is 0. The molecule has 0 unspecified atom stereocenters. The third-order valence-electron chi connectivity index (χ3n) is 6.10. The molecule has 0 spiro atoms. The van der Waals surface area contributed by atoms with Crippen LogP contribution in [0.3, 0.4) is 0 Å². The van der Waals surface area contributed by atoms with E-state index in [2.05, 4.69) is 15.1 Å². The minimum atomic E-state index is -2.73. The van der Waals surface area contributed by atoms with Crippen molar-refractivity contribution in [2.75, 3.05) is 5.73 Å². The highest BCUT2D eigenvalue weighted by Crippen LogP contribution is 2.39. The third-order valence-corrected chi connectivity index (χ3v) is 6.10. The number of hydrogen-bond acceptors (Lipinski definition) is 5. The second kappa shape index (κ2) is 7.69. The van der Waals surface area contributed by atoms with Crippen molar-refractivity contribution >= 4 is 16.9 Å². The molecule has 0 atom stereocenters. The molecule has 4 heterocycles. The molecule has 1 fully saturated rings. The Kier molecular flexibility index (Phi) is 4.40. The van der Waals surface area contributed by atoms with Gasteiger partial charge in [0.05, 0.1) is 19.5 Å². The van der Waals surface area contributed by atoms with Crippen molar-refractivity contribution in [2.24, 2.45) is 5.92 Å². The SMILES string of the molecule is [2H]C([2H])(C1CCC(F)(F)CC1)n1cc(-c2ccc(N)nc2)c2ncc(-c3c(C)noc3C)cc21. The van der Waals surface area contributed by atoms with Gasteiger partial charge in [-0.2, -0.15) is 0 Å². The van der Waals surface area contributed by atoms with E-state index in [0.29, 0.717) is 33.9 Å². The molecule has 0 aromatic carbocycles. The number of nitrogens with zero attached hydrogens (tertiary/aromatic N) is 4. The van der Waals surface area contributed by atoms with Gasteiger partial charge in [0, 0.05) is 60.2 Å². The monoisotopic (exact) mass is 439 g/mol. The number of rotatable bonds is 4. The van der Waals surface area contributed by atoms with Gasteiger partial charge in [0.15, 0.2) is 0 Å². The number of hydrogen-bond donors (Lipinski definition) is 1. The molecule has 2 N–H and O–H groups in total. The zero-order valence-electron chi connectivity index (χ0n) is 19.9. The summed E-state index contributed by atoms with van der Waals surface area (Å²) in [5.74, 6) is -2.27. The van der Waals surface area contributed by atoms with E-state index in [1.807, 2.05) is 26.0 Å². The molecule has 32 heavy (non-hydrogen) atoms. The average Bonchev–Trinajstić information content (AvgIpc) is 3.33. The predicted molar refractivity (Wildman–Crippen MR) is 119 cm³/mol. The van der Waals surface area contributed by atoms with Gasteiger partial charge in [-0.1, -0.05) is 5.16 Å². The number of halogens is 2. The summed E-state index contributed by atoms with van der Waals surface area (Å²) in [5, 5.41) is 4.02. The average molecular weight is 440 g/mol. The first-order valence-corrected chi connectivity index (χ1v) is 10.6. The van der Waals surface area contributed by atoms with E-state index in [1.54, 1.807) is 24.7 Å². The third kappa shape index (κ3) is 3.74. The van der Waals surface area contributed by atoms with E-state index in [9.17, 15) is 8.78 Å². The van der Waals surface area contributed by atoms with E-state index >= 15 is 0 Å². The molecule has 4 aromatic heterocycles. The number of pyridine rings is 2. The summed E-state index contributed by atoms with van der Waals surface area (Å²) in [5.41, 5.74) is 10.6. The van der Waals surface area contributed by atoms with Crippen molar-refractivity contribution in [3.63, 3.8) is 0 Å². The van der Waals surface area contributed by atoms with Crippen LogP contribution in [-0.2, 0) is 6.50 Å². The quantitative estimate of drug-likeness (QED) is 0.436. The lowest BCUT2D eigenvalue weighted by atomic mass is 9.87. The van der Waals surface area contributed by atoms with Crippen LogP contribution in [0.15, 0.2) is 41.3 Å². The minimum Gasteiger partial charge on any atom is -0.384 e. The summed E-state index contributed by atoms with van der Waals surface area (Å²) in [6.45, 7) is 1.75. The number of alkyl halides is 2. The molecule has 166 valence electrons. The number of aromatic nitrogens is 4. The molecule has 1 saturated carbocycles. The summed E-state index contributed by atoms with van der Waals surface area (Å²) >= 11 is 0. The number of aryl methyl sites for hydroxylation is 2. The molecule has 8 heteroatoms. The lowest BCUT2D eigenvalue weighted by Gasteiger charge is -2.28. The van der Waals surface area contributed by atoms with Crippen LogP contribution in [0.25, 0.3) is 33.3 Å². The Labute approximate surface area is 187 Å². The molecule has 5 rings (SSSR count). The smallest absolute Gasteiger partial charge is 0.248 e. The molecule has 0 saturated heterocycles. The van der Waals surface area contributed by atoms with Gasteiger partial charge < -0.3 is 14.8 Å². The van der Waals surface area contributed by atoms with Gasteiger partial charge >= 0.3 is 0 Å². The summed E-state index contributed by atoms with van der Waals surface area (Å²) in [6, 6.07) is 5.34. The highest BCUT2D eigenvalue weighted by molar-refractivity contribution is 5.95. The van der Waals surface area contributed by atoms with Crippen molar-refractivity contribution in [3.05, 3.63) is 48.2 Å². The number of fused-ring (bicyclic) bond motifs is 1. The Hall–Kier alpha value is -3.29. The van der Waals surface area contributed by atoms with Gasteiger partial charge in [-0.15, -0.1) is 0 Å². The first-order chi connectivity index (χ1) is 16.1. The van der Waals surface area contributed by atoms with Gasteiger partial charge in [0.25, 0.3) is 0 Å². The highest BCUT2D eigenvalue weighted by Gasteiger charge is 2.35. The number of nitrogen functional groups attached to an aromatic ring is 1. The molecule has 6 nitrogen and oxygen atoms in total. The maximum Gasteiger partial charge on any atom is 0.248 e. The van der Waals surface area contributed by atoms with E-state index in [4.69, 9.17) is 13.0 Å². The largest absolute Gasteiger partial charge is 0.384 e. The predicted octanol–water partition coefficient (Wildman–Crippen LogP) is 5.78. The zero-order chi connectivity index (χ0) is 24.3. The Morgan fingerprint density at radius 2 is 1.94 bits per heavy atom. The van der Waals surface area contributed by atoms with Crippen molar-refractivity contribution in [3.8, 4) is 22.3 Å². The maximum absolute atomic E-state index is 13.8. The van der Waals surface area contributed by atoms with E-state index in [1.165, 1.54) is 4.57 Å². The number of nitrogens with two attached hydrogens (primary N) is 1. The molecule has 0 radical (unpaired) electrons. The fourth-order valence-corrected chi connectivity index (χ4v) is 4.38. The van der Waals surface area contributed by atoms with E-state index < -0.39 is 18.3 Å². The van der Waals surface area contributed by atoms with Crippen LogP contribution in [-0.4, -0.2) is 25.6 Å².